The molecule has 1 aromatic carbocycles. The molecule has 12 heavy (non-hydrogen) atoms. The summed E-state index contributed by atoms with van der Waals surface area (Å²) in [6, 6.07) is 8.28. The lowest BCUT2D eigenvalue weighted by Crippen LogP contribution is -1.78. The van der Waals surface area contributed by atoms with Gasteiger partial charge in [0.15, 0.2) is 6.39 Å². The van der Waals surface area contributed by atoms with Crippen molar-refractivity contribution in [2.45, 2.75) is 6.42 Å². The first-order chi connectivity index (χ1) is 5.95. The maximum Gasteiger partial charge on any atom is 1.00 e. The summed E-state index contributed by atoms with van der Waals surface area (Å²) in [5.41, 5.74) is 3.56. The van der Waals surface area contributed by atoms with Gasteiger partial charge in [-0.3, -0.25) is 0 Å². The largest absolute Gasteiger partial charge is 1.00 e. The molecule has 1 aromatic heterocycles. The molecule has 1 aliphatic rings. The summed E-state index contributed by atoms with van der Waals surface area (Å²) in [6.07, 6.45) is 2.41. The van der Waals surface area contributed by atoms with Gasteiger partial charge < -0.3 is 4.42 Å². The van der Waals surface area contributed by atoms with Gasteiger partial charge in [0, 0.05) is 12.0 Å². The number of fused-ring (bicyclic) bond motifs is 3. The van der Waals surface area contributed by atoms with Crippen LogP contribution in [0.5, 0.6) is 0 Å². The predicted molar refractivity (Wildman–Crippen MR) is 45.9 cm³/mol. The van der Waals surface area contributed by atoms with Crippen LogP contribution in [0.3, 0.4) is 0 Å². The molecule has 58 valence electrons. The molecule has 0 spiro atoms. The van der Waals surface area contributed by atoms with Gasteiger partial charge in [-0.05, 0) is 5.56 Å². The first kappa shape index (κ1) is 6.00. The summed E-state index contributed by atoms with van der Waals surface area (Å²) in [4.78, 5) is 4.17. The van der Waals surface area contributed by atoms with Crippen LogP contribution in [0.25, 0.3) is 11.3 Å². The van der Waals surface area contributed by atoms with E-state index in [-0.39, 0.29) is 1.43 Å². The Labute approximate surface area is 71.3 Å². The molecule has 1 aliphatic carbocycles. The zero-order valence-corrected chi connectivity index (χ0v) is 6.45. The Kier molecular flexibility index (Phi) is 0.987. The van der Waals surface area contributed by atoms with Gasteiger partial charge in [-0.15, -0.1) is 0 Å². The van der Waals surface area contributed by atoms with E-state index in [1.165, 1.54) is 17.5 Å². The monoisotopic (exact) mass is 158 g/mol. The third kappa shape index (κ3) is 0.619. The third-order valence-corrected chi connectivity index (χ3v) is 2.26. The molecule has 0 fully saturated rings. The van der Waals surface area contributed by atoms with Crippen molar-refractivity contribution in [1.82, 2.24) is 4.98 Å². The van der Waals surface area contributed by atoms with Crippen molar-refractivity contribution in [2.24, 2.45) is 0 Å². The van der Waals surface area contributed by atoms with Crippen LogP contribution in [0.15, 0.2) is 35.1 Å². The van der Waals surface area contributed by atoms with Gasteiger partial charge in [-0.1, -0.05) is 24.3 Å². The van der Waals surface area contributed by atoms with Crippen molar-refractivity contribution < 1.29 is 5.84 Å². The molecule has 0 unspecified atom stereocenters. The average molecular weight is 158 g/mol. The molecule has 0 atom stereocenters. The van der Waals surface area contributed by atoms with Gasteiger partial charge in [0.25, 0.3) is 0 Å². The summed E-state index contributed by atoms with van der Waals surface area (Å²) in [7, 11) is 0. The molecule has 0 radical (unpaired) electrons. The van der Waals surface area contributed by atoms with Crippen LogP contribution in [0.1, 0.15) is 12.8 Å². The Hall–Kier alpha value is -1.57. The second-order valence-corrected chi connectivity index (χ2v) is 2.96. The molecule has 0 bridgehead atoms. The van der Waals surface area contributed by atoms with Crippen molar-refractivity contribution >= 4 is 0 Å². The number of benzene rings is 1. The number of hydrogen-bond donors (Lipinski definition) is 0. The molecule has 0 N–H and O–H groups in total. The Bertz CT molecular complexity index is 436. The summed E-state index contributed by atoms with van der Waals surface area (Å²) < 4.78 is 5.25. The topological polar surface area (TPSA) is 26.0 Å². The lowest BCUT2D eigenvalue weighted by Gasteiger charge is -1.94. The first-order valence-corrected chi connectivity index (χ1v) is 3.96. The van der Waals surface area contributed by atoms with Crippen LogP contribution < -0.4 is 0 Å². The summed E-state index contributed by atoms with van der Waals surface area (Å²) in [6.45, 7) is 0. The van der Waals surface area contributed by atoms with E-state index in [4.69, 9.17) is 4.42 Å². The fourth-order valence-corrected chi connectivity index (χ4v) is 1.69. The Morgan fingerprint density at radius 3 is 3.25 bits per heavy atom. The van der Waals surface area contributed by atoms with Crippen LogP contribution in [0, 0.1) is 0 Å². The van der Waals surface area contributed by atoms with Crippen LogP contribution >= 0.6 is 0 Å². The van der Waals surface area contributed by atoms with Crippen molar-refractivity contribution in [1.29, 1.82) is 0 Å². The molecule has 2 nitrogen and oxygen atoms in total. The Morgan fingerprint density at radius 2 is 2.25 bits per heavy atom. The lowest BCUT2D eigenvalue weighted by molar-refractivity contribution is 0.517. The fourth-order valence-electron chi connectivity index (χ4n) is 1.69. The Morgan fingerprint density at radius 1 is 1.33 bits per heavy atom. The standard InChI is InChI=1S/C10H7NO/c1-2-4-8-7(3-1)5-9-10(8)11-6-12-9/h1-4,6H,5H2/p+1. The van der Waals surface area contributed by atoms with Crippen LogP contribution in [-0.4, -0.2) is 4.98 Å². The number of hydrogen-bond acceptors (Lipinski definition) is 2. The summed E-state index contributed by atoms with van der Waals surface area (Å²) in [5.74, 6) is 0.996. The molecule has 0 saturated carbocycles. The molecular weight excluding hydrogens is 150 g/mol. The minimum atomic E-state index is 0. The summed E-state index contributed by atoms with van der Waals surface area (Å²) >= 11 is 0. The van der Waals surface area contributed by atoms with Crippen LogP contribution in [0.2, 0.25) is 0 Å². The molecule has 0 aliphatic heterocycles. The molecular formula is C10H8NO+. The number of nitrogens with zero attached hydrogens (tertiary/aromatic N) is 1. The predicted octanol–water partition coefficient (Wildman–Crippen LogP) is 2.36. The normalized spacial score (nSPS) is 12.7. The van der Waals surface area contributed by atoms with Gasteiger partial charge in [0.2, 0.25) is 0 Å². The number of aromatic nitrogens is 1. The maximum absolute atomic E-state index is 5.25. The van der Waals surface area contributed by atoms with Crippen molar-refractivity contribution in [3.05, 3.63) is 42.0 Å². The van der Waals surface area contributed by atoms with E-state index < -0.39 is 0 Å². The molecule has 2 aromatic rings. The summed E-state index contributed by atoms with van der Waals surface area (Å²) in [5, 5.41) is 0. The number of rotatable bonds is 0. The maximum atomic E-state index is 5.25. The molecule has 0 saturated heterocycles. The van der Waals surface area contributed by atoms with E-state index in [1.54, 1.807) is 0 Å². The van der Waals surface area contributed by atoms with Gasteiger partial charge in [-0.2, -0.15) is 0 Å². The minimum Gasteiger partial charge on any atom is -0.447 e. The van der Waals surface area contributed by atoms with E-state index >= 15 is 0 Å². The lowest BCUT2D eigenvalue weighted by atomic mass is 10.1. The quantitative estimate of drug-likeness (QED) is 0.502. The van der Waals surface area contributed by atoms with Crippen molar-refractivity contribution in [3.8, 4) is 11.3 Å². The van der Waals surface area contributed by atoms with Gasteiger partial charge in [-0.25, -0.2) is 4.98 Å². The van der Waals surface area contributed by atoms with Crippen LogP contribution in [-0.2, 0) is 6.42 Å². The average Bonchev–Trinajstić information content (AvgIpc) is 2.62. The Balaban J connectivity index is 0.000000653. The van der Waals surface area contributed by atoms with Crippen molar-refractivity contribution in [2.75, 3.05) is 0 Å². The molecule has 2 heteroatoms. The third-order valence-electron chi connectivity index (χ3n) is 2.26. The van der Waals surface area contributed by atoms with Crippen LogP contribution in [0.4, 0.5) is 0 Å². The van der Waals surface area contributed by atoms with E-state index in [9.17, 15) is 0 Å². The second-order valence-electron chi connectivity index (χ2n) is 2.96. The molecule has 0 amide bonds. The SMILES string of the molecule is [H+].c1ccc2c(c1)Cc1ocnc1-2. The molecule has 1 heterocycles. The van der Waals surface area contributed by atoms with E-state index in [1.807, 2.05) is 12.1 Å². The second kappa shape index (κ2) is 1.97. The highest BCUT2D eigenvalue weighted by Gasteiger charge is 2.21. The van der Waals surface area contributed by atoms with E-state index in [0.717, 1.165) is 17.9 Å². The highest BCUT2D eigenvalue weighted by molar-refractivity contribution is 5.71. The van der Waals surface area contributed by atoms with E-state index in [2.05, 4.69) is 17.1 Å². The first-order valence-electron chi connectivity index (χ1n) is 3.96. The minimum absolute atomic E-state index is 0. The zero-order valence-electron chi connectivity index (χ0n) is 7.45. The smallest absolute Gasteiger partial charge is 0.447 e. The number of oxazole rings is 1. The highest BCUT2D eigenvalue weighted by Crippen LogP contribution is 2.34. The zero-order chi connectivity index (χ0) is 7.97. The molecule has 3 rings (SSSR count). The van der Waals surface area contributed by atoms with Gasteiger partial charge in [0.05, 0.1) is 0 Å². The van der Waals surface area contributed by atoms with E-state index in [0.29, 0.717) is 0 Å². The highest BCUT2D eigenvalue weighted by atomic mass is 16.3. The van der Waals surface area contributed by atoms with Gasteiger partial charge in [0.1, 0.15) is 11.5 Å². The van der Waals surface area contributed by atoms with Gasteiger partial charge >= 0.3 is 1.43 Å². The fraction of sp³-hybridized carbons (Fsp3) is 0.100. The van der Waals surface area contributed by atoms with Crippen molar-refractivity contribution in [3.63, 3.8) is 0 Å².